The number of para-hydroxylation sites is 1. The largest absolute Gasteiger partial charge is 0.309 e. The maximum atomic E-state index is 2.65. The summed E-state index contributed by atoms with van der Waals surface area (Å²) in [5, 5.41) is 2.72. The number of nitrogens with zero attached hydrogens (tertiary/aromatic N) is 1. The summed E-state index contributed by atoms with van der Waals surface area (Å²) < 4.78 is 0. The Morgan fingerprint density at radius 1 is 0.365 bits per heavy atom. The summed E-state index contributed by atoms with van der Waals surface area (Å²) in [6, 6.07) is 78.0. The second kappa shape index (κ2) is 14.8. The van der Waals surface area contributed by atoms with E-state index in [1.807, 2.05) is 0 Å². The Kier molecular flexibility index (Phi) is 8.90. The van der Waals surface area contributed by atoms with Crippen LogP contribution in [0.25, 0.3) is 44.2 Å². The summed E-state index contributed by atoms with van der Waals surface area (Å²) in [6.45, 7) is 4.86. The van der Waals surface area contributed by atoms with E-state index in [1.54, 1.807) is 0 Å². The highest BCUT2D eigenvalue weighted by atomic mass is 15.2. The first-order valence-corrected chi connectivity index (χ1v) is 23.1. The molecular weight excluding hydrogens is 759 g/mol. The van der Waals surface area contributed by atoms with Crippen LogP contribution >= 0.6 is 0 Å². The molecule has 0 saturated heterocycles. The van der Waals surface area contributed by atoms with Crippen LogP contribution in [0.15, 0.2) is 206 Å². The van der Waals surface area contributed by atoms with Crippen molar-refractivity contribution in [2.45, 2.75) is 62.7 Å². The Bertz CT molecular complexity index is 3040. The van der Waals surface area contributed by atoms with Crippen molar-refractivity contribution in [2.75, 3.05) is 4.90 Å². The van der Waals surface area contributed by atoms with Crippen LogP contribution < -0.4 is 4.90 Å². The van der Waals surface area contributed by atoms with Crippen molar-refractivity contribution in [3.05, 3.63) is 245 Å². The number of hydrogen-bond acceptors (Lipinski definition) is 1. The van der Waals surface area contributed by atoms with Crippen LogP contribution in [0, 0.1) is 0 Å². The van der Waals surface area contributed by atoms with E-state index >= 15 is 0 Å². The number of rotatable bonds is 7. The van der Waals surface area contributed by atoms with Gasteiger partial charge in [-0.15, -0.1) is 0 Å². The van der Waals surface area contributed by atoms with Crippen molar-refractivity contribution in [3.8, 4) is 33.4 Å². The molecule has 9 aromatic carbocycles. The zero-order valence-corrected chi connectivity index (χ0v) is 36.2. The monoisotopic (exact) mass is 809 g/mol. The van der Waals surface area contributed by atoms with E-state index in [1.165, 1.54) is 132 Å². The molecule has 2 unspecified atom stereocenters. The fourth-order valence-electron chi connectivity index (χ4n) is 12.2. The molecule has 0 amide bonds. The highest BCUT2D eigenvalue weighted by molar-refractivity contribution is 6.07. The van der Waals surface area contributed by atoms with Gasteiger partial charge in [0.2, 0.25) is 0 Å². The van der Waals surface area contributed by atoms with Crippen LogP contribution in [0.3, 0.4) is 0 Å². The molecule has 2 atom stereocenters. The first-order chi connectivity index (χ1) is 31.1. The zero-order valence-electron chi connectivity index (χ0n) is 36.2. The third-order valence-electron chi connectivity index (χ3n) is 15.2. The quantitative estimate of drug-likeness (QED) is 0.155. The van der Waals surface area contributed by atoms with Crippen molar-refractivity contribution in [1.29, 1.82) is 0 Å². The van der Waals surface area contributed by atoms with E-state index in [0.29, 0.717) is 5.92 Å². The highest BCUT2D eigenvalue weighted by Gasteiger charge is 2.45. The van der Waals surface area contributed by atoms with Gasteiger partial charge < -0.3 is 4.90 Å². The zero-order chi connectivity index (χ0) is 42.1. The molecule has 1 nitrogen and oxygen atoms in total. The minimum atomic E-state index is -0.337. The van der Waals surface area contributed by atoms with Crippen molar-refractivity contribution < 1.29 is 0 Å². The minimum absolute atomic E-state index is 0.337. The number of benzene rings is 9. The maximum absolute atomic E-state index is 2.65. The molecule has 0 heterocycles. The topological polar surface area (TPSA) is 3.24 Å². The maximum Gasteiger partial charge on any atom is 0.0543 e. The van der Waals surface area contributed by atoms with Crippen LogP contribution in [0.2, 0.25) is 0 Å². The lowest BCUT2D eigenvalue weighted by atomic mass is 9.74. The molecule has 63 heavy (non-hydrogen) atoms. The molecule has 0 radical (unpaired) electrons. The molecule has 9 aromatic rings. The number of anilines is 3. The summed E-state index contributed by atoms with van der Waals surface area (Å²) in [4.78, 5) is 2.65. The Hall–Kier alpha value is -6.96. The average Bonchev–Trinajstić information content (AvgIpc) is 3.79. The number of hydrogen-bond donors (Lipinski definition) is 0. The Morgan fingerprint density at radius 2 is 0.794 bits per heavy atom. The van der Waals surface area contributed by atoms with Gasteiger partial charge in [-0.25, -0.2) is 0 Å². The van der Waals surface area contributed by atoms with Crippen molar-refractivity contribution in [3.63, 3.8) is 0 Å². The van der Waals surface area contributed by atoms with Gasteiger partial charge in [-0.1, -0.05) is 207 Å². The lowest BCUT2D eigenvalue weighted by Gasteiger charge is -2.33. The summed E-state index contributed by atoms with van der Waals surface area (Å²) in [7, 11) is 0. The van der Waals surface area contributed by atoms with Gasteiger partial charge in [0.05, 0.1) is 17.1 Å². The Labute approximate surface area is 372 Å². The van der Waals surface area contributed by atoms with Crippen LogP contribution in [-0.2, 0) is 10.8 Å². The molecule has 1 heteroatoms. The van der Waals surface area contributed by atoms with E-state index in [2.05, 4.69) is 225 Å². The molecule has 0 N–H and O–H groups in total. The first-order valence-electron chi connectivity index (χ1n) is 23.1. The summed E-state index contributed by atoms with van der Waals surface area (Å²) >= 11 is 0. The van der Waals surface area contributed by atoms with E-state index in [0.717, 1.165) is 0 Å². The standard InChI is InChI=1S/C62H51N/c1-61(44-26-8-4-9-27-44)51-35-15-12-31-49(51)59-53(61)37-20-40-56(59)63(57-41-21-38-54-60(57)50-32-13-16-36-52(50)62(54,2)45-28-10-5-11-29-45)55-39-17-14-30-47(55)48-34-19-25-43-24-18-33-46(58(43)48)42-22-6-3-7-23-42/h4-5,8-21,24-42H,3,6-7,22-23H2,1-2H3. The van der Waals surface area contributed by atoms with E-state index < -0.39 is 0 Å². The molecule has 0 bridgehead atoms. The average molecular weight is 810 g/mol. The lowest BCUT2D eigenvalue weighted by molar-refractivity contribution is 0.445. The van der Waals surface area contributed by atoms with Gasteiger partial charge in [-0.3, -0.25) is 0 Å². The molecule has 3 aliphatic carbocycles. The highest BCUT2D eigenvalue weighted by Crippen LogP contribution is 2.61. The van der Waals surface area contributed by atoms with Crippen LogP contribution in [0.1, 0.15) is 90.8 Å². The molecule has 3 aliphatic rings. The van der Waals surface area contributed by atoms with Gasteiger partial charge >= 0.3 is 0 Å². The SMILES string of the molecule is CC1(c2ccccc2)c2ccccc2-c2c(N(c3ccccc3-c3cccc4cccc(C5CCCCC5)c34)c3cccc4c3-c3ccccc3C4(C)c3ccccc3)cccc21. The smallest absolute Gasteiger partial charge is 0.0543 e. The molecule has 1 fully saturated rings. The second-order valence-electron chi connectivity index (χ2n) is 18.4. The Balaban J connectivity index is 1.18. The molecule has 0 aliphatic heterocycles. The number of fused-ring (bicyclic) bond motifs is 7. The van der Waals surface area contributed by atoms with Gasteiger partial charge in [-0.2, -0.15) is 0 Å². The van der Waals surface area contributed by atoms with Gasteiger partial charge in [0.25, 0.3) is 0 Å². The van der Waals surface area contributed by atoms with E-state index in [9.17, 15) is 0 Å². The van der Waals surface area contributed by atoms with Crippen molar-refractivity contribution in [2.24, 2.45) is 0 Å². The van der Waals surface area contributed by atoms with E-state index in [4.69, 9.17) is 0 Å². The molecule has 1 saturated carbocycles. The van der Waals surface area contributed by atoms with Crippen LogP contribution in [0.5, 0.6) is 0 Å². The lowest BCUT2D eigenvalue weighted by Crippen LogP contribution is -2.23. The fraction of sp³-hybridized carbons (Fsp3) is 0.161. The molecule has 12 rings (SSSR count). The first kappa shape index (κ1) is 37.8. The van der Waals surface area contributed by atoms with Gasteiger partial charge in [-0.05, 0) is 117 Å². The molecular formula is C62H51N. The Morgan fingerprint density at radius 3 is 1.37 bits per heavy atom. The van der Waals surface area contributed by atoms with Crippen molar-refractivity contribution in [1.82, 2.24) is 0 Å². The predicted octanol–water partition coefficient (Wildman–Crippen LogP) is 16.7. The van der Waals surface area contributed by atoms with Crippen LogP contribution in [0.4, 0.5) is 17.1 Å². The van der Waals surface area contributed by atoms with Gasteiger partial charge in [0.1, 0.15) is 0 Å². The third kappa shape index (κ3) is 5.62. The third-order valence-corrected chi connectivity index (χ3v) is 15.2. The summed E-state index contributed by atoms with van der Waals surface area (Å²) in [6.07, 6.45) is 6.46. The normalized spacial score (nSPS) is 18.7. The fourth-order valence-corrected chi connectivity index (χ4v) is 12.2. The minimum Gasteiger partial charge on any atom is -0.309 e. The van der Waals surface area contributed by atoms with E-state index in [-0.39, 0.29) is 10.8 Å². The molecule has 0 aromatic heterocycles. The summed E-state index contributed by atoms with van der Waals surface area (Å²) in [5.74, 6) is 0.570. The van der Waals surface area contributed by atoms with Gasteiger partial charge in [0.15, 0.2) is 0 Å². The summed E-state index contributed by atoms with van der Waals surface area (Å²) in [5.41, 5.74) is 20.1. The second-order valence-corrected chi connectivity index (χ2v) is 18.4. The molecule has 304 valence electrons. The predicted molar refractivity (Wildman–Crippen MR) is 265 cm³/mol. The van der Waals surface area contributed by atoms with Crippen molar-refractivity contribution >= 4 is 27.8 Å². The van der Waals surface area contributed by atoms with Crippen LogP contribution in [-0.4, -0.2) is 0 Å². The molecule has 0 spiro atoms. The van der Waals surface area contributed by atoms with Gasteiger partial charge in [0, 0.05) is 27.5 Å².